The van der Waals surface area contributed by atoms with Crippen LogP contribution in [0.3, 0.4) is 0 Å². The maximum absolute atomic E-state index is 5.30. The number of hydrogen-bond donors (Lipinski definition) is 0. The van der Waals surface area contributed by atoms with Crippen molar-refractivity contribution in [1.29, 1.82) is 0 Å². The molecule has 0 saturated heterocycles. The van der Waals surface area contributed by atoms with Crippen LogP contribution in [0, 0.1) is 35.5 Å². The normalized spacial score (nSPS) is 19.0. The summed E-state index contributed by atoms with van der Waals surface area (Å²) in [6.07, 6.45) is 7.50. The first-order valence-electron chi connectivity index (χ1n) is 3.69. The number of terminal acetylenes is 1. The second-order valence-corrected chi connectivity index (χ2v) is 3.15. The minimum atomic E-state index is -0.00965. The van der Waals surface area contributed by atoms with E-state index in [-0.39, 0.29) is 5.41 Å². The van der Waals surface area contributed by atoms with Gasteiger partial charge in [0, 0.05) is 5.92 Å². The van der Waals surface area contributed by atoms with Crippen molar-refractivity contribution in [2.24, 2.45) is 11.3 Å². The Bertz CT molecular complexity index is 213. The summed E-state index contributed by atoms with van der Waals surface area (Å²) in [5, 5.41) is 0. The Balaban J connectivity index is 2.56. The van der Waals surface area contributed by atoms with Crippen LogP contribution < -0.4 is 0 Å². The third kappa shape index (κ3) is 1.55. The van der Waals surface area contributed by atoms with Gasteiger partial charge in [0.05, 0.1) is 5.41 Å². The van der Waals surface area contributed by atoms with Crippen molar-refractivity contribution >= 4 is 0 Å². The molecule has 1 aliphatic rings. The van der Waals surface area contributed by atoms with E-state index >= 15 is 0 Å². The molecule has 0 heterocycles. The van der Waals surface area contributed by atoms with Crippen molar-refractivity contribution in [2.45, 2.75) is 26.7 Å². The smallest absolute Gasteiger partial charge is 0.0917 e. The van der Waals surface area contributed by atoms with Gasteiger partial charge in [-0.1, -0.05) is 31.6 Å². The van der Waals surface area contributed by atoms with E-state index in [1.807, 2.05) is 0 Å². The molecular formula is C10H12. The summed E-state index contributed by atoms with van der Waals surface area (Å²) >= 11 is 0. The molecule has 0 radical (unpaired) electrons. The van der Waals surface area contributed by atoms with Crippen molar-refractivity contribution in [3.8, 4) is 24.2 Å². The Hall–Kier alpha value is -0.880. The molecule has 0 aromatic carbocycles. The zero-order valence-corrected chi connectivity index (χ0v) is 6.57. The molecule has 1 aliphatic carbocycles. The van der Waals surface area contributed by atoms with Crippen LogP contribution in [0.4, 0.5) is 0 Å². The van der Waals surface area contributed by atoms with Gasteiger partial charge in [-0.05, 0) is 12.8 Å². The zero-order chi connectivity index (χ0) is 7.61. The summed E-state index contributed by atoms with van der Waals surface area (Å²) in [5.74, 6) is 9.42. The highest BCUT2D eigenvalue weighted by Gasteiger charge is 2.38. The van der Waals surface area contributed by atoms with Crippen LogP contribution in [0.1, 0.15) is 26.7 Å². The van der Waals surface area contributed by atoms with Gasteiger partial charge in [-0.2, -0.15) is 0 Å². The van der Waals surface area contributed by atoms with Crippen LogP contribution in [0.2, 0.25) is 0 Å². The predicted octanol–water partition coefficient (Wildman–Crippen LogP) is 2.06. The molecule has 0 amide bonds. The van der Waals surface area contributed by atoms with Gasteiger partial charge in [0.25, 0.3) is 0 Å². The van der Waals surface area contributed by atoms with Gasteiger partial charge >= 0.3 is 0 Å². The van der Waals surface area contributed by atoms with E-state index in [1.54, 1.807) is 0 Å². The summed E-state index contributed by atoms with van der Waals surface area (Å²) in [5.41, 5.74) is -0.00965. The van der Waals surface area contributed by atoms with Crippen molar-refractivity contribution in [2.75, 3.05) is 0 Å². The maximum atomic E-state index is 5.30. The predicted molar refractivity (Wildman–Crippen MR) is 43.1 cm³/mol. The molecule has 1 fully saturated rings. The fraction of sp³-hybridized carbons (Fsp3) is 0.600. The van der Waals surface area contributed by atoms with Crippen molar-refractivity contribution in [1.82, 2.24) is 0 Å². The second-order valence-electron chi connectivity index (χ2n) is 3.15. The van der Waals surface area contributed by atoms with Crippen LogP contribution in [0.25, 0.3) is 0 Å². The van der Waals surface area contributed by atoms with Gasteiger partial charge in [-0.15, -0.1) is 6.42 Å². The average molecular weight is 132 g/mol. The van der Waals surface area contributed by atoms with E-state index in [4.69, 9.17) is 6.42 Å². The Morgan fingerprint density at radius 2 is 2.00 bits per heavy atom. The van der Waals surface area contributed by atoms with Crippen LogP contribution in [-0.4, -0.2) is 0 Å². The zero-order valence-electron chi connectivity index (χ0n) is 6.57. The first-order chi connectivity index (χ1) is 4.68. The molecule has 1 saturated carbocycles. The SMILES string of the molecule is C#CC1(C#CC(C)C)CC1. The minimum Gasteiger partial charge on any atom is -0.118 e. The van der Waals surface area contributed by atoms with Crippen molar-refractivity contribution in [3.05, 3.63) is 0 Å². The molecule has 1 rings (SSSR count). The van der Waals surface area contributed by atoms with Crippen LogP contribution >= 0.6 is 0 Å². The minimum absolute atomic E-state index is 0.00965. The lowest BCUT2D eigenvalue weighted by Crippen LogP contribution is -1.90. The lowest BCUT2D eigenvalue weighted by atomic mass is 10.1. The summed E-state index contributed by atoms with van der Waals surface area (Å²) < 4.78 is 0. The Morgan fingerprint density at radius 3 is 2.30 bits per heavy atom. The summed E-state index contributed by atoms with van der Waals surface area (Å²) in [6.45, 7) is 4.17. The first kappa shape index (κ1) is 7.23. The monoisotopic (exact) mass is 132 g/mol. The molecule has 0 bridgehead atoms. The van der Waals surface area contributed by atoms with Gasteiger partial charge in [-0.25, -0.2) is 0 Å². The standard InChI is InChI=1S/C10H12/c1-4-10(7-8-10)6-5-9(2)3/h1,9H,7-8H2,2-3H3. The highest BCUT2D eigenvalue weighted by molar-refractivity contribution is 5.31. The molecule has 0 unspecified atom stereocenters. The van der Waals surface area contributed by atoms with E-state index in [0.717, 1.165) is 12.8 Å². The van der Waals surface area contributed by atoms with E-state index < -0.39 is 0 Å². The van der Waals surface area contributed by atoms with E-state index in [0.29, 0.717) is 5.92 Å². The van der Waals surface area contributed by atoms with Gasteiger partial charge in [0.2, 0.25) is 0 Å². The molecule has 52 valence electrons. The lowest BCUT2D eigenvalue weighted by molar-refractivity contribution is 0.852. The third-order valence-electron chi connectivity index (χ3n) is 1.63. The van der Waals surface area contributed by atoms with Gasteiger partial charge < -0.3 is 0 Å². The van der Waals surface area contributed by atoms with E-state index in [1.165, 1.54) is 0 Å². The first-order valence-corrected chi connectivity index (χ1v) is 3.69. The summed E-state index contributed by atoms with van der Waals surface area (Å²) in [6, 6.07) is 0. The third-order valence-corrected chi connectivity index (χ3v) is 1.63. The molecule has 0 N–H and O–H groups in total. The molecule has 0 aromatic rings. The van der Waals surface area contributed by atoms with E-state index in [2.05, 4.69) is 31.6 Å². The Kier molecular flexibility index (Phi) is 1.73. The summed E-state index contributed by atoms with van der Waals surface area (Å²) in [7, 11) is 0. The highest BCUT2D eigenvalue weighted by Crippen LogP contribution is 2.44. The van der Waals surface area contributed by atoms with Crippen LogP contribution in [0.5, 0.6) is 0 Å². The number of rotatable bonds is 0. The number of hydrogen-bond acceptors (Lipinski definition) is 0. The Labute approximate surface area is 63.0 Å². The van der Waals surface area contributed by atoms with Crippen molar-refractivity contribution < 1.29 is 0 Å². The molecule has 0 nitrogen and oxygen atoms in total. The van der Waals surface area contributed by atoms with Crippen LogP contribution in [0.15, 0.2) is 0 Å². The van der Waals surface area contributed by atoms with Gasteiger partial charge in [0.1, 0.15) is 0 Å². The average Bonchev–Trinajstić information content (AvgIpc) is 2.64. The largest absolute Gasteiger partial charge is 0.118 e. The highest BCUT2D eigenvalue weighted by atomic mass is 14.4. The van der Waals surface area contributed by atoms with Gasteiger partial charge in [-0.3, -0.25) is 0 Å². The molecule has 0 heteroatoms. The fourth-order valence-electron chi connectivity index (χ4n) is 0.713. The molecular weight excluding hydrogens is 120 g/mol. The maximum Gasteiger partial charge on any atom is 0.0917 e. The molecule has 0 spiro atoms. The molecule has 10 heavy (non-hydrogen) atoms. The van der Waals surface area contributed by atoms with E-state index in [9.17, 15) is 0 Å². The molecule has 0 atom stereocenters. The van der Waals surface area contributed by atoms with Crippen LogP contribution in [-0.2, 0) is 0 Å². The van der Waals surface area contributed by atoms with Gasteiger partial charge in [0.15, 0.2) is 0 Å². The van der Waals surface area contributed by atoms with Crippen molar-refractivity contribution in [3.63, 3.8) is 0 Å². The second kappa shape index (κ2) is 2.39. The fourth-order valence-corrected chi connectivity index (χ4v) is 0.713. The lowest BCUT2D eigenvalue weighted by Gasteiger charge is -1.93. The molecule has 0 aromatic heterocycles. The topological polar surface area (TPSA) is 0 Å². The quantitative estimate of drug-likeness (QED) is 0.442. The summed E-state index contributed by atoms with van der Waals surface area (Å²) in [4.78, 5) is 0. The molecule has 0 aliphatic heterocycles. The Morgan fingerprint density at radius 1 is 1.40 bits per heavy atom.